The van der Waals surface area contributed by atoms with Crippen molar-refractivity contribution in [1.29, 1.82) is 0 Å². The van der Waals surface area contributed by atoms with Gasteiger partial charge in [-0.2, -0.15) is 0 Å². The molecule has 0 aliphatic heterocycles. The Labute approximate surface area is 420 Å². The summed E-state index contributed by atoms with van der Waals surface area (Å²) >= 11 is 0. The third-order valence-corrected chi connectivity index (χ3v) is 12.2. The molecule has 6 heteroatoms. The fourth-order valence-electron chi connectivity index (χ4n) is 7.91. The van der Waals surface area contributed by atoms with Crippen molar-refractivity contribution in [2.24, 2.45) is 0 Å². The summed E-state index contributed by atoms with van der Waals surface area (Å²) in [7, 11) is 0. The van der Waals surface area contributed by atoms with Crippen LogP contribution in [-0.4, -0.2) is 37.2 Å². The number of allylic oxidation sites excluding steroid dienone is 14. The van der Waals surface area contributed by atoms with Crippen molar-refractivity contribution >= 4 is 17.9 Å². The number of hydrogen-bond acceptors (Lipinski definition) is 6. The summed E-state index contributed by atoms with van der Waals surface area (Å²) in [5, 5.41) is 0. The van der Waals surface area contributed by atoms with Crippen molar-refractivity contribution in [2.75, 3.05) is 13.2 Å². The monoisotopic (exact) mass is 947 g/mol. The lowest BCUT2D eigenvalue weighted by Crippen LogP contribution is -2.30. The van der Waals surface area contributed by atoms with E-state index in [1.165, 1.54) is 116 Å². The second kappa shape index (κ2) is 56.2. The first-order valence-corrected chi connectivity index (χ1v) is 28.6. The molecule has 0 aromatic carbocycles. The fourth-order valence-corrected chi connectivity index (χ4v) is 7.91. The molecule has 0 N–H and O–H groups in total. The average molecular weight is 948 g/mol. The van der Waals surface area contributed by atoms with Gasteiger partial charge in [0.2, 0.25) is 0 Å². The first kappa shape index (κ1) is 64.6. The smallest absolute Gasteiger partial charge is 0.306 e. The largest absolute Gasteiger partial charge is 0.462 e. The third kappa shape index (κ3) is 53.5. The van der Waals surface area contributed by atoms with E-state index in [-0.39, 0.29) is 37.5 Å². The zero-order valence-corrected chi connectivity index (χ0v) is 44.6. The average Bonchev–Trinajstić information content (AvgIpc) is 3.34. The highest BCUT2D eigenvalue weighted by molar-refractivity contribution is 5.71. The van der Waals surface area contributed by atoms with E-state index in [1.54, 1.807) is 0 Å². The van der Waals surface area contributed by atoms with Crippen LogP contribution in [-0.2, 0) is 28.6 Å². The minimum Gasteiger partial charge on any atom is -0.462 e. The molecule has 0 aliphatic carbocycles. The summed E-state index contributed by atoms with van der Waals surface area (Å²) < 4.78 is 16.8. The first-order chi connectivity index (χ1) is 33.5. The predicted octanol–water partition coefficient (Wildman–Crippen LogP) is 19.2. The van der Waals surface area contributed by atoms with Gasteiger partial charge in [0.15, 0.2) is 6.10 Å². The molecule has 0 saturated carbocycles. The number of ether oxygens (including phenoxy) is 3. The van der Waals surface area contributed by atoms with Crippen LogP contribution in [0.2, 0.25) is 0 Å². The van der Waals surface area contributed by atoms with E-state index in [4.69, 9.17) is 14.2 Å². The van der Waals surface area contributed by atoms with Crippen molar-refractivity contribution in [2.45, 2.75) is 277 Å². The van der Waals surface area contributed by atoms with Gasteiger partial charge in [0, 0.05) is 19.3 Å². The Kier molecular flexibility index (Phi) is 53.4. The topological polar surface area (TPSA) is 78.9 Å². The maximum absolute atomic E-state index is 12.8. The van der Waals surface area contributed by atoms with Crippen LogP contribution in [0, 0.1) is 0 Å². The Hall–Kier alpha value is -3.41. The molecule has 6 nitrogen and oxygen atoms in total. The summed E-state index contributed by atoms with van der Waals surface area (Å²) in [6, 6.07) is 0. The van der Waals surface area contributed by atoms with Crippen molar-refractivity contribution in [1.82, 2.24) is 0 Å². The third-order valence-electron chi connectivity index (χ3n) is 12.2. The number of hydrogen-bond donors (Lipinski definition) is 0. The quantitative estimate of drug-likeness (QED) is 0.0199. The Balaban J connectivity index is 4.47. The molecule has 0 rings (SSSR count). The summed E-state index contributed by atoms with van der Waals surface area (Å²) in [6.45, 7) is 6.48. The molecule has 0 fully saturated rings. The maximum atomic E-state index is 12.8. The van der Waals surface area contributed by atoms with Gasteiger partial charge >= 0.3 is 17.9 Å². The van der Waals surface area contributed by atoms with E-state index in [0.717, 1.165) is 116 Å². The summed E-state index contributed by atoms with van der Waals surface area (Å²) in [6.07, 6.45) is 72.8. The van der Waals surface area contributed by atoms with Gasteiger partial charge in [-0.1, -0.05) is 254 Å². The molecule has 0 spiro atoms. The summed E-state index contributed by atoms with van der Waals surface area (Å²) in [4.78, 5) is 38.1. The summed E-state index contributed by atoms with van der Waals surface area (Å²) in [5.41, 5.74) is 0. The van der Waals surface area contributed by atoms with Crippen LogP contribution in [0.15, 0.2) is 85.1 Å². The Bertz CT molecular complexity index is 1320. The van der Waals surface area contributed by atoms with E-state index in [2.05, 4.69) is 106 Å². The Morgan fingerprint density at radius 2 is 0.632 bits per heavy atom. The minimum atomic E-state index is -0.801. The standard InChI is InChI=1S/C62H106O6/c1-4-7-10-13-16-19-22-25-28-31-32-35-37-40-43-46-49-52-55-61(64)67-58-59(68-62(65)56-53-50-47-44-41-38-34-30-27-24-21-18-15-12-9-6-3)57-66-60(63)54-51-48-45-42-39-36-33-29-26-23-20-17-14-11-8-5-2/h9,12,18,21-22,25,27-28,30-32,35,38,41,59H,4-8,10-11,13-17,19-20,23-24,26,29,33-34,36-37,39-40,42-58H2,1-3H3/b12-9-,21-18-,25-22-,30-27-,31-28-,35-32-,41-38-. The zero-order chi connectivity index (χ0) is 49.3. The Morgan fingerprint density at radius 3 is 1.03 bits per heavy atom. The molecular weight excluding hydrogens is 841 g/mol. The second-order valence-corrected chi connectivity index (χ2v) is 18.9. The molecule has 1 unspecified atom stereocenters. The van der Waals surface area contributed by atoms with Crippen LogP contribution >= 0.6 is 0 Å². The Morgan fingerprint density at radius 1 is 0.324 bits per heavy atom. The van der Waals surface area contributed by atoms with Crippen molar-refractivity contribution in [3.05, 3.63) is 85.1 Å². The molecular formula is C62H106O6. The number of unbranched alkanes of at least 4 members (excludes halogenated alkanes) is 28. The molecule has 0 bridgehead atoms. The molecule has 0 amide bonds. The van der Waals surface area contributed by atoms with Crippen LogP contribution in [0.4, 0.5) is 0 Å². The molecule has 0 aromatic heterocycles. The highest BCUT2D eigenvalue weighted by Crippen LogP contribution is 2.15. The maximum Gasteiger partial charge on any atom is 0.306 e. The van der Waals surface area contributed by atoms with E-state index >= 15 is 0 Å². The molecule has 0 heterocycles. The van der Waals surface area contributed by atoms with Crippen molar-refractivity contribution < 1.29 is 28.6 Å². The van der Waals surface area contributed by atoms with Gasteiger partial charge in [0.25, 0.3) is 0 Å². The lowest BCUT2D eigenvalue weighted by atomic mass is 10.0. The van der Waals surface area contributed by atoms with Gasteiger partial charge in [0.1, 0.15) is 13.2 Å². The molecule has 0 aliphatic rings. The van der Waals surface area contributed by atoms with Gasteiger partial charge in [0.05, 0.1) is 0 Å². The van der Waals surface area contributed by atoms with E-state index < -0.39 is 6.10 Å². The van der Waals surface area contributed by atoms with Crippen molar-refractivity contribution in [3.8, 4) is 0 Å². The number of esters is 3. The van der Waals surface area contributed by atoms with Crippen molar-refractivity contribution in [3.63, 3.8) is 0 Å². The van der Waals surface area contributed by atoms with Crippen LogP contribution in [0.1, 0.15) is 271 Å². The van der Waals surface area contributed by atoms with Crippen LogP contribution in [0.5, 0.6) is 0 Å². The highest BCUT2D eigenvalue weighted by atomic mass is 16.6. The molecule has 1 atom stereocenters. The lowest BCUT2D eigenvalue weighted by molar-refractivity contribution is -0.167. The minimum absolute atomic E-state index is 0.0946. The second-order valence-electron chi connectivity index (χ2n) is 18.9. The molecule has 390 valence electrons. The molecule has 0 radical (unpaired) electrons. The van der Waals surface area contributed by atoms with Crippen LogP contribution in [0.3, 0.4) is 0 Å². The SMILES string of the molecule is CC/C=C\C/C=C\C/C=C\C/C=C\CCCCCC(=O)OC(COC(=O)CCCCCCC\C=C/C=C\C=C/CCCCCCC)COC(=O)CCCCCCCCCCCCCCCCCC. The fraction of sp³-hybridized carbons (Fsp3) is 0.726. The lowest BCUT2D eigenvalue weighted by Gasteiger charge is -2.18. The van der Waals surface area contributed by atoms with Crippen LogP contribution < -0.4 is 0 Å². The number of carbonyl (C=O) groups excluding carboxylic acids is 3. The predicted molar refractivity (Wildman–Crippen MR) is 293 cm³/mol. The number of carbonyl (C=O) groups is 3. The molecule has 68 heavy (non-hydrogen) atoms. The van der Waals surface area contributed by atoms with Gasteiger partial charge in [-0.3, -0.25) is 14.4 Å². The van der Waals surface area contributed by atoms with Gasteiger partial charge in [-0.25, -0.2) is 0 Å². The van der Waals surface area contributed by atoms with E-state index in [0.29, 0.717) is 12.8 Å². The molecule has 0 saturated heterocycles. The van der Waals surface area contributed by atoms with Gasteiger partial charge in [-0.15, -0.1) is 0 Å². The van der Waals surface area contributed by atoms with Gasteiger partial charge < -0.3 is 14.2 Å². The number of rotatable bonds is 51. The van der Waals surface area contributed by atoms with E-state index in [9.17, 15) is 14.4 Å². The van der Waals surface area contributed by atoms with Crippen LogP contribution in [0.25, 0.3) is 0 Å². The highest BCUT2D eigenvalue weighted by Gasteiger charge is 2.19. The zero-order valence-electron chi connectivity index (χ0n) is 44.6. The first-order valence-electron chi connectivity index (χ1n) is 28.6. The van der Waals surface area contributed by atoms with E-state index in [1.807, 2.05) is 0 Å². The summed E-state index contributed by atoms with van der Waals surface area (Å²) in [5.74, 6) is -0.939. The normalized spacial score (nSPS) is 12.7. The molecule has 0 aromatic rings. The van der Waals surface area contributed by atoms with Gasteiger partial charge in [-0.05, 0) is 83.5 Å².